The van der Waals surface area contributed by atoms with E-state index in [9.17, 15) is 19.7 Å². The summed E-state index contributed by atoms with van der Waals surface area (Å²) >= 11 is 0. The first-order valence-electron chi connectivity index (χ1n) is 7.01. The molecule has 8 nitrogen and oxygen atoms in total. The Bertz CT molecular complexity index is 533. The van der Waals surface area contributed by atoms with E-state index in [4.69, 9.17) is 5.21 Å². The van der Waals surface area contributed by atoms with Crippen LogP contribution >= 0.6 is 0 Å². The summed E-state index contributed by atoms with van der Waals surface area (Å²) in [5, 5.41) is 21.7. The molecule has 1 aromatic rings. The van der Waals surface area contributed by atoms with E-state index in [1.807, 2.05) is 0 Å². The van der Waals surface area contributed by atoms with Gasteiger partial charge in [0.05, 0.1) is 4.92 Å². The summed E-state index contributed by atoms with van der Waals surface area (Å²) in [5.41, 5.74) is 1.62. The van der Waals surface area contributed by atoms with Gasteiger partial charge in [-0.05, 0) is 18.9 Å². The Kier molecular flexibility index (Phi) is 7.55. The molecule has 2 amide bonds. The average Bonchev–Trinajstić information content (AvgIpc) is 2.50. The highest BCUT2D eigenvalue weighted by Crippen LogP contribution is 2.23. The molecular formula is C14H19N3O5. The maximum absolute atomic E-state index is 11.7. The van der Waals surface area contributed by atoms with Gasteiger partial charge in [0.25, 0.3) is 5.69 Å². The molecule has 0 atom stereocenters. The molecule has 0 saturated carbocycles. The topological polar surface area (TPSA) is 122 Å². The highest BCUT2D eigenvalue weighted by Gasteiger charge is 2.14. The Morgan fingerprint density at radius 1 is 1.05 bits per heavy atom. The van der Waals surface area contributed by atoms with Crippen LogP contribution in [0.2, 0.25) is 0 Å². The van der Waals surface area contributed by atoms with Crippen LogP contribution in [0.1, 0.15) is 38.5 Å². The third kappa shape index (κ3) is 6.31. The summed E-state index contributed by atoms with van der Waals surface area (Å²) in [5.74, 6) is -0.698. The number of nitrogens with zero attached hydrogens (tertiary/aromatic N) is 1. The van der Waals surface area contributed by atoms with Crippen molar-refractivity contribution in [3.63, 3.8) is 0 Å². The third-order valence-electron chi connectivity index (χ3n) is 3.06. The SMILES string of the molecule is O=C(CCCCCCC(=O)Nc1ccccc1[N+](=O)[O-])NO. The van der Waals surface area contributed by atoms with Crippen molar-refractivity contribution >= 4 is 23.2 Å². The number of benzene rings is 1. The van der Waals surface area contributed by atoms with Gasteiger partial charge in [-0.1, -0.05) is 25.0 Å². The summed E-state index contributed by atoms with van der Waals surface area (Å²) in [4.78, 5) is 32.8. The number of amides is 2. The number of rotatable bonds is 9. The van der Waals surface area contributed by atoms with Gasteiger partial charge in [-0.3, -0.25) is 24.9 Å². The number of hydrogen-bond acceptors (Lipinski definition) is 5. The Balaban J connectivity index is 2.27. The normalized spacial score (nSPS) is 10.0. The van der Waals surface area contributed by atoms with Crippen molar-refractivity contribution in [1.29, 1.82) is 0 Å². The molecule has 0 aliphatic rings. The molecular weight excluding hydrogens is 290 g/mol. The smallest absolute Gasteiger partial charge is 0.292 e. The van der Waals surface area contributed by atoms with Crippen molar-refractivity contribution in [3.05, 3.63) is 34.4 Å². The predicted octanol–water partition coefficient (Wildman–Crippen LogP) is 2.38. The number of nitrogens with one attached hydrogen (secondary N) is 2. The average molecular weight is 309 g/mol. The number of para-hydroxylation sites is 2. The van der Waals surface area contributed by atoms with Gasteiger partial charge < -0.3 is 5.32 Å². The summed E-state index contributed by atoms with van der Waals surface area (Å²) in [7, 11) is 0. The van der Waals surface area contributed by atoms with Gasteiger partial charge in [-0.2, -0.15) is 0 Å². The second-order valence-electron chi connectivity index (χ2n) is 4.77. The minimum atomic E-state index is -0.540. The monoisotopic (exact) mass is 309 g/mol. The van der Waals surface area contributed by atoms with Crippen molar-refractivity contribution in [2.45, 2.75) is 38.5 Å². The second kappa shape index (κ2) is 9.46. The minimum Gasteiger partial charge on any atom is -0.320 e. The molecule has 0 aliphatic heterocycles. The zero-order valence-corrected chi connectivity index (χ0v) is 12.1. The highest BCUT2D eigenvalue weighted by molar-refractivity contribution is 5.92. The summed E-state index contributed by atoms with van der Waals surface area (Å²) < 4.78 is 0. The molecule has 0 aromatic heterocycles. The van der Waals surface area contributed by atoms with Crippen molar-refractivity contribution in [2.75, 3.05) is 5.32 Å². The highest BCUT2D eigenvalue weighted by atomic mass is 16.6. The molecule has 120 valence electrons. The fourth-order valence-corrected chi connectivity index (χ4v) is 1.93. The number of nitro groups is 1. The van der Waals surface area contributed by atoms with E-state index in [1.165, 1.54) is 18.2 Å². The van der Waals surface area contributed by atoms with E-state index < -0.39 is 10.8 Å². The largest absolute Gasteiger partial charge is 0.320 e. The lowest BCUT2D eigenvalue weighted by Gasteiger charge is -2.05. The molecule has 0 fully saturated rings. The quantitative estimate of drug-likeness (QED) is 0.280. The van der Waals surface area contributed by atoms with E-state index in [2.05, 4.69) is 5.32 Å². The summed E-state index contributed by atoms with van der Waals surface area (Å²) in [6, 6.07) is 5.98. The van der Waals surface area contributed by atoms with E-state index >= 15 is 0 Å². The van der Waals surface area contributed by atoms with E-state index in [0.717, 1.165) is 12.8 Å². The van der Waals surface area contributed by atoms with E-state index in [-0.39, 0.29) is 30.1 Å². The molecule has 0 radical (unpaired) electrons. The number of nitro benzene ring substituents is 1. The van der Waals surface area contributed by atoms with Gasteiger partial charge in [0.1, 0.15) is 5.69 Å². The molecule has 1 aromatic carbocycles. The number of anilines is 1. The fourth-order valence-electron chi connectivity index (χ4n) is 1.93. The van der Waals surface area contributed by atoms with Crippen LogP contribution in [0.25, 0.3) is 0 Å². The first kappa shape index (κ1) is 17.6. The van der Waals surface area contributed by atoms with Crippen LogP contribution in [-0.4, -0.2) is 21.9 Å². The number of carbonyl (C=O) groups is 2. The predicted molar refractivity (Wildman–Crippen MR) is 79.4 cm³/mol. The molecule has 0 spiro atoms. The maximum atomic E-state index is 11.7. The summed E-state index contributed by atoms with van der Waals surface area (Å²) in [6.45, 7) is 0. The zero-order chi connectivity index (χ0) is 16.4. The van der Waals surface area contributed by atoms with Gasteiger partial charge in [-0.15, -0.1) is 0 Å². The van der Waals surface area contributed by atoms with Gasteiger partial charge in [-0.25, -0.2) is 5.48 Å². The fraction of sp³-hybridized carbons (Fsp3) is 0.429. The van der Waals surface area contributed by atoms with Crippen LogP contribution in [0.5, 0.6) is 0 Å². The molecule has 1 rings (SSSR count). The molecule has 0 heterocycles. The van der Waals surface area contributed by atoms with Gasteiger partial charge in [0.15, 0.2) is 0 Å². The van der Waals surface area contributed by atoms with E-state index in [1.54, 1.807) is 11.5 Å². The van der Waals surface area contributed by atoms with Crippen molar-refractivity contribution < 1.29 is 19.7 Å². The third-order valence-corrected chi connectivity index (χ3v) is 3.06. The van der Waals surface area contributed by atoms with Crippen LogP contribution in [-0.2, 0) is 9.59 Å². The van der Waals surface area contributed by atoms with Crippen molar-refractivity contribution in [3.8, 4) is 0 Å². The van der Waals surface area contributed by atoms with Crippen molar-refractivity contribution in [2.24, 2.45) is 0 Å². The Labute approximate surface area is 127 Å². The standard InChI is InChI=1S/C14H19N3O5/c18-13(9-3-1-2-4-10-14(19)16-20)15-11-7-5-6-8-12(11)17(21)22/h5-8,20H,1-4,9-10H2,(H,15,18)(H,16,19). The van der Waals surface area contributed by atoms with Crippen LogP contribution in [0.3, 0.4) is 0 Å². The Hall–Kier alpha value is -2.48. The van der Waals surface area contributed by atoms with E-state index in [0.29, 0.717) is 12.8 Å². The van der Waals surface area contributed by atoms with Crippen LogP contribution in [0.15, 0.2) is 24.3 Å². The molecule has 22 heavy (non-hydrogen) atoms. The molecule has 0 unspecified atom stereocenters. The van der Waals surface area contributed by atoms with Crippen LogP contribution in [0, 0.1) is 10.1 Å². The minimum absolute atomic E-state index is 0.133. The maximum Gasteiger partial charge on any atom is 0.292 e. The number of unbranched alkanes of at least 4 members (excludes halogenated alkanes) is 3. The zero-order valence-electron chi connectivity index (χ0n) is 12.1. The molecule has 8 heteroatoms. The second-order valence-corrected chi connectivity index (χ2v) is 4.77. The lowest BCUT2D eigenvalue weighted by Crippen LogP contribution is -2.17. The van der Waals surface area contributed by atoms with Gasteiger partial charge >= 0.3 is 0 Å². The van der Waals surface area contributed by atoms with Gasteiger partial charge in [0.2, 0.25) is 11.8 Å². The van der Waals surface area contributed by atoms with Gasteiger partial charge in [0, 0.05) is 18.9 Å². The number of carbonyl (C=O) groups excluding carboxylic acids is 2. The lowest BCUT2D eigenvalue weighted by atomic mass is 10.1. The van der Waals surface area contributed by atoms with Crippen molar-refractivity contribution in [1.82, 2.24) is 5.48 Å². The van der Waals surface area contributed by atoms with Crippen LogP contribution < -0.4 is 10.8 Å². The van der Waals surface area contributed by atoms with Crippen LogP contribution in [0.4, 0.5) is 11.4 Å². The summed E-state index contributed by atoms with van der Waals surface area (Å²) in [6.07, 6.45) is 3.32. The number of hydroxylamine groups is 1. The first-order valence-corrected chi connectivity index (χ1v) is 7.01. The molecule has 3 N–H and O–H groups in total. The molecule has 0 aliphatic carbocycles. The Morgan fingerprint density at radius 2 is 1.64 bits per heavy atom. The molecule has 0 bridgehead atoms. The Morgan fingerprint density at radius 3 is 2.23 bits per heavy atom. The first-order chi connectivity index (χ1) is 10.5. The lowest BCUT2D eigenvalue weighted by molar-refractivity contribution is -0.383. The number of hydrogen-bond donors (Lipinski definition) is 3. The molecule has 0 saturated heterocycles.